The van der Waals surface area contributed by atoms with E-state index in [9.17, 15) is 19.7 Å². The van der Waals surface area contributed by atoms with Crippen LogP contribution in [0.4, 0.5) is 0 Å². The molecule has 21 heavy (non-hydrogen) atoms. The van der Waals surface area contributed by atoms with Crippen LogP contribution in [0.25, 0.3) is 0 Å². The largest absolute Gasteiger partial charge is 1.00 e. The van der Waals surface area contributed by atoms with Gasteiger partial charge in [-0.1, -0.05) is 18.2 Å². The number of benzene rings is 1. The smallest absolute Gasteiger partial charge is 0.632 e. The molecule has 2 N–H and O–H groups in total. The summed E-state index contributed by atoms with van der Waals surface area (Å²) >= 11 is 0. The molecule has 0 saturated carbocycles. The van der Waals surface area contributed by atoms with Crippen LogP contribution in [0.15, 0.2) is 30.3 Å². The van der Waals surface area contributed by atoms with Gasteiger partial charge in [-0.05, 0) is 12.1 Å². The van der Waals surface area contributed by atoms with Crippen LogP contribution in [0, 0.1) is 5.21 Å². The predicted octanol–water partition coefficient (Wildman–Crippen LogP) is -3.73. The SMILES string of the molecule is O=C([O-])C[N+]([O-])(CCOc1ccccc1)CP(=O)(O)O.[Na+]. The van der Waals surface area contributed by atoms with Crippen molar-refractivity contribution < 1.29 is 63.2 Å². The minimum absolute atomic E-state index is 0. The van der Waals surface area contributed by atoms with Gasteiger partial charge < -0.3 is 34.3 Å². The Morgan fingerprint density at radius 1 is 1.29 bits per heavy atom. The van der Waals surface area contributed by atoms with Crippen molar-refractivity contribution in [2.75, 3.05) is 26.0 Å². The molecule has 1 aromatic carbocycles. The zero-order valence-electron chi connectivity index (χ0n) is 11.5. The molecule has 1 rings (SSSR count). The maximum absolute atomic E-state index is 12.1. The summed E-state index contributed by atoms with van der Waals surface area (Å²) in [6.45, 7) is -1.61. The van der Waals surface area contributed by atoms with Gasteiger partial charge in [-0.15, -0.1) is 0 Å². The van der Waals surface area contributed by atoms with Gasteiger partial charge in [-0.25, -0.2) is 0 Å². The van der Waals surface area contributed by atoms with Crippen molar-refractivity contribution in [3.63, 3.8) is 0 Å². The molecule has 1 unspecified atom stereocenters. The maximum atomic E-state index is 12.1. The molecule has 0 aliphatic rings. The van der Waals surface area contributed by atoms with E-state index >= 15 is 0 Å². The Morgan fingerprint density at radius 2 is 1.86 bits per heavy atom. The maximum Gasteiger partial charge on any atom is 1.00 e. The number of hydrogen-bond acceptors (Lipinski definition) is 5. The van der Waals surface area contributed by atoms with E-state index in [2.05, 4.69) is 0 Å². The van der Waals surface area contributed by atoms with Crippen LogP contribution in [0.1, 0.15) is 0 Å². The average Bonchev–Trinajstić information content (AvgIpc) is 2.26. The molecule has 0 aromatic heterocycles. The number of carbonyl (C=O) groups is 1. The molecule has 1 atom stereocenters. The molecule has 0 fully saturated rings. The number of hydroxylamine groups is 3. The molecular weight excluding hydrogens is 312 g/mol. The quantitative estimate of drug-likeness (QED) is 0.217. The van der Waals surface area contributed by atoms with E-state index in [4.69, 9.17) is 14.5 Å². The minimum Gasteiger partial charge on any atom is -0.632 e. The summed E-state index contributed by atoms with van der Waals surface area (Å²) in [7, 11) is -4.64. The van der Waals surface area contributed by atoms with E-state index in [1.54, 1.807) is 30.3 Å². The Bertz CT molecular complexity index is 495. The number of ether oxygens (including phenoxy) is 1. The third-order valence-corrected chi connectivity index (χ3v) is 3.25. The van der Waals surface area contributed by atoms with Crippen molar-refractivity contribution in [2.45, 2.75) is 0 Å². The molecule has 0 aliphatic heterocycles. The van der Waals surface area contributed by atoms with Crippen molar-refractivity contribution in [3.05, 3.63) is 35.5 Å². The van der Waals surface area contributed by atoms with Gasteiger partial charge in [-0.3, -0.25) is 4.57 Å². The van der Waals surface area contributed by atoms with Gasteiger partial charge in [-0.2, -0.15) is 0 Å². The van der Waals surface area contributed by atoms with Crippen molar-refractivity contribution >= 4 is 13.6 Å². The molecule has 8 nitrogen and oxygen atoms in total. The summed E-state index contributed by atoms with van der Waals surface area (Å²) in [6, 6.07) is 8.48. The topological polar surface area (TPSA) is 130 Å². The normalized spacial score (nSPS) is 13.9. The third-order valence-electron chi connectivity index (χ3n) is 2.37. The summed E-state index contributed by atoms with van der Waals surface area (Å²) in [5, 5.41) is 22.6. The fourth-order valence-electron chi connectivity index (χ4n) is 1.62. The van der Waals surface area contributed by atoms with Crippen molar-refractivity contribution in [1.29, 1.82) is 0 Å². The molecule has 112 valence electrons. The monoisotopic (exact) mass is 327 g/mol. The molecule has 0 aliphatic carbocycles. The number of rotatable bonds is 8. The molecule has 0 saturated heterocycles. The summed E-state index contributed by atoms with van der Waals surface area (Å²) in [5.41, 5.74) is 0. The van der Waals surface area contributed by atoms with Crippen LogP contribution in [0.3, 0.4) is 0 Å². The van der Waals surface area contributed by atoms with E-state index in [0.29, 0.717) is 5.75 Å². The van der Waals surface area contributed by atoms with Crippen molar-refractivity contribution in [3.8, 4) is 5.75 Å². The summed E-state index contributed by atoms with van der Waals surface area (Å²) in [5.74, 6) is -1.20. The van der Waals surface area contributed by atoms with E-state index in [1.807, 2.05) is 0 Å². The number of carboxylic acids is 1. The van der Waals surface area contributed by atoms with Crippen LogP contribution in [-0.2, 0) is 9.36 Å². The Morgan fingerprint density at radius 3 is 2.33 bits per heavy atom. The second kappa shape index (κ2) is 8.87. The summed E-state index contributed by atoms with van der Waals surface area (Å²) < 4.78 is 14.5. The minimum atomic E-state index is -4.64. The van der Waals surface area contributed by atoms with Gasteiger partial charge in [0.2, 0.25) is 0 Å². The Balaban J connectivity index is 0.00000400. The molecule has 0 bridgehead atoms. The fourth-order valence-corrected chi connectivity index (χ4v) is 2.53. The van der Waals surface area contributed by atoms with Gasteiger partial charge >= 0.3 is 37.2 Å². The van der Waals surface area contributed by atoms with Crippen LogP contribution in [0.2, 0.25) is 0 Å². The van der Waals surface area contributed by atoms with Gasteiger partial charge in [0.15, 0.2) is 6.29 Å². The van der Waals surface area contributed by atoms with E-state index in [1.165, 1.54) is 0 Å². The molecular formula is C11H15NNaO7P. The zero-order chi connectivity index (χ0) is 15.2. The molecule has 0 radical (unpaired) electrons. The number of carboxylic acid groups (broad SMARTS) is 1. The molecule has 1 aromatic rings. The first-order valence-corrected chi connectivity index (χ1v) is 7.49. The fraction of sp³-hybridized carbons (Fsp3) is 0.364. The van der Waals surface area contributed by atoms with Crippen LogP contribution < -0.4 is 39.4 Å². The first kappa shape index (κ1) is 20.6. The van der Waals surface area contributed by atoms with Gasteiger partial charge in [0.05, 0.1) is 5.97 Å². The van der Waals surface area contributed by atoms with Crippen LogP contribution >= 0.6 is 7.60 Å². The third kappa shape index (κ3) is 9.23. The second-order valence-electron chi connectivity index (χ2n) is 4.28. The summed E-state index contributed by atoms with van der Waals surface area (Å²) in [6.07, 6.45) is -1.13. The molecule has 0 spiro atoms. The van der Waals surface area contributed by atoms with Crippen LogP contribution in [-0.4, -0.2) is 46.4 Å². The van der Waals surface area contributed by atoms with Crippen molar-refractivity contribution in [1.82, 2.24) is 0 Å². The number of hydrogen-bond donors (Lipinski definition) is 2. The van der Waals surface area contributed by atoms with E-state index in [-0.39, 0.29) is 36.2 Å². The number of nitrogens with zero attached hydrogens (tertiary/aromatic N) is 1. The Hall–Kier alpha value is -0.440. The standard InChI is InChI=1S/C11H16NO7P.Na/c13-11(14)8-12(15,9-20(16,17)18)6-7-19-10-4-2-1-3-5-10;/h1-5H,6-9H2,(H,13,14)(H2,16,17,18);/q;+1/p-1. The van der Waals surface area contributed by atoms with E-state index < -0.39 is 37.6 Å². The first-order chi connectivity index (χ1) is 9.20. The first-order valence-electron chi connectivity index (χ1n) is 5.70. The number of aliphatic carboxylic acids is 1. The number of para-hydroxylation sites is 1. The number of carbonyl (C=O) groups excluding carboxylic acids is 1. The summed E-state index contributed by atoms with van der Waals surface area (Å²) in [4.78, 5) is 28.2. The van der Waals surface area contributed by atoms with E-state index in [0.717, 1.165) is 0 Å². The number of quaternary nitrogens is 1. The molecule has 0 amide bonds. The average molecular weight is 327 g/mol. The van der Waals surface area contributed by atoms with Crippen molar-refractivity contribution in [2.24, 2.45) is 0 Å². The zero-order valence-corrected chi connectivity index (χ0v) is 14.4. The Kier molecular flexibility index (Phi) is 8.69. The predicted molar refractivity (Wildman–Crippen MR) is 67.2 cm³/mol. The van der Waals surface area contributed by atoms with Gasteiger partial charge in [0.25, 0.3) is 0 Å². The Labute approximate surface area is 144 Å². The molecule has 10 heteroatoms. The molecule has 0 heterocycles. The second-order valence-corrected chi connectivity index (χ2v) is 5.89. The van der Waals surface area contributed by atoms with Gasteiger partial charge in [0, 0.05) is 0 Å². The van der Waals surface area contributed by atoms with Crippen LogP contribution in [0.5, 0.6) is 5.75 Å². The van der Waals surface area contributed by atoms with Gasteiger partial charge in [0.1, 0.15) is 25.4 Å².